The second kappa shape index (κ2) is 9.60. The van der Waals surface area contributed by atoms with Crippen molar-refractivity contribution in [3.8, 4) is 5.75 Å². The van der Waals surface area contributed by atoms with Gasteiger partial charge in [0.05, 0.1) is 0 Å². The molecule has 1 amide bonds. The molecule has 1 fully saturated rings. The first kappa shape index (κ1) is 20.3. The molecule has 4 nitrogen and oxygen atoms in total. The lowest BCUT2D eigenvalue weighted by Crippen LogP contribution is -2.42. The first-order chi connectivity index (χ1) is 12.1. The first-order valence-corrected chi connectivity index (χ1v) is 8.90. The molecule has 1 heterocycles. The highest BCUT2D eigenvalue weighted by atomic mass is 35.5. The summed E-state index contributed by atoms with van der Waals surface area (Å²) in [4.78, 5) is 12.5. The van der Waals surface area contributed by atoms with Crippen LogP contribution < -0.4 is 15.4 Å². The van der Waals surface area contributed by atoms with E-state index in [1.165, 1.54) is 0 Å². The van der Waals surface area contributed by atoms with Gasteiger partial charge in [-0.2, -0.15) is 0 Å². The van der Waals surface area contributed by atoms with Crippen LogP contribution in [0, 0.1) is 5.41 Å². The van der Waals surface area contributed by atoms with Crippen LogP contribution in [0.2, 0.25) is 0 Å². The van der Waals surface area contributed by atoms with E-state index in [0.717, 1.165) is 31.5 Å². The highest BCUT2D eigenvalue weighted by Gasteiger charge is 2.27. The van der Waals surface area contributed by atoms with E-state index in [9.17, 15) is 4.79 Å². The van der Waals surface area contributed by atoms with Gasteiger partial charge in [0.2, 0.25) is 0 Å². The minimum Gasteiger partial charge on any atom is -0.489 e. The van der Waals surface area contributed by atoms with Gasteiger partial charge < -0.3 is 15.4 Å². The summed E-state index contributed by atoms with van der Waals surface area (Å²) in [6.45, 7) is 5.50. The Hall–Kier alpha value is -2.04. The van der Waals surface area contributed by atoms with Crippen molar-refractivity contribution >= 4 is 18.3 Å². The van der Waals surface area contributed by atoms with Gasteiger partial charge in [-0.15, -0.1) is 12.4 Å². The zero-order valence-corrected chi connectivity index (χ0v) is 16.0. The Kier molecular flexibility index (Phi) is 7.49. The van der Waals surface area contributed by atoms with E-state index in [-0.39, 0.29) is 23.7 Å². The summed E-state index contributed by atoms with van der Waals surface area (Å²) in [6.07, 6.45) is 2.18. The molecule has 140 valence electrons. The molecule has 2 aromatic carbocycles. The van der Waals surface area contributed by atoms with Crippen LogP contribution in [0.25, 0.3) is 0 Å². The maximum Gasteiger partial charge on any atom is 0.251 e. The summed E-state index contributed by atoms with van der Waals surface area (Å²) in [5.41, 5.74) is 1.93. The van der Waals surface area contributed by atoms with Gasteiger partial charge in [0.1, 0.15) is 12.4 Å². The Morgan fingerprint density at radius 2 is 1.85 bits per heavy atom. The smallest absolute Gasteiger partial charge is 0.251 e. The number of hydrogen-bond acceptors (Lipinski definition) is 3. The van der Waals surface area contributed by atoms with Crippen LogP contribution in [0.3, 0.4) is 0 Å². The van der Waals surface area contributed by atoms with E-state index < -0.39 is 0 Å². The molecule has 0 radical (unpaired) electrons. The second-order valence-corrected chi connectivity index (χ2v) is 7.05. The summed E-state index contributed by atoms with van der Waals surface area (Å²) >= 11 is 0. The monoisotopic (exact) mass is 374 g/mol. The molecule has 2 N–H and O–H groups in total. The van der Waals surface area contributed by atoms with Crippen molar-refractivity contribution in [2.24, 2.45) is 5.41 Å². The standard InChI is InChI=1S/C21H26N2O2.ClH/c1-21(10-12-22-13-11-21)16-23-20(24)18-8-5-9-19(14-18)25-15-17-6-3-2-4-7-17;/h2-9,14,22H,10-13,15-16H2,1H3,(H,23,24);1H. The van der Waals surface area contributed by atoms with E-state index in [4.69, 9.17) is 4.74 Å². The molecule has 1 saturated heterocycles. The Morgan fingerprint density at radius 1 is 1.12 bits per heavy atom. The number of rotatable bonds is 6. The number of carbonyl (C=O) groups is 1. The molecule has 0 aliphatic carbocycles. The molecular weight excluding hydrogens is 348 g/mol. The van der Waals surface area contributed by atoms with Crippen molar-refractivity contribution in [1.82, 2.24) is 10.6 Å². The molecular formula is C21H27ClN2O2. The number of amides is 1. The first-order valence-electron chi connectivity index (χ1n) is 8.90. The zero-order valence-electron chi connectivity index (χ0n) is 15.2. The number of halogens is 1. The molecule has 5 heteroatoms. The lowest BCUT2D eigenvalue weighted by Gasteiger charge is -2.34. The van der Waals surface area contributed by atoms with E-state index in [2.05, 4.69) is 17.6 Å². The van der Waals surface area contributed by atoms with Crippen LogP contribution >= 0.6 is 12.4 Å². The highest BCUT2D eigenvalue weighted by molar-refractivity contribution is 5.94. The minimum absolute atomic E-state index is 0. The van der Waals surface area contributed by atoms with E-state index in [0.29, 0.717) is 24.5 Å². The average molecular weight is 375 g/mol. The fraction of sp³-hybridized carbons (Fsp3) is 0.381. The third-order valence-electron chi connectivity index (χ3n) is 4.83. The number of nitrogens with one attached hydrogen (secondary N) is 2. The molecule has 0 aromatic heterocycles. The van der Waals surface area contributed by atoms with Crippen LogP contribution in [0.15, 0.2) is 54.6 Å². The fourth-order valence-corrected chi connectivity index (χ4v) is 3.07. The van der Waals surface area contributed by atoms with Crippen LogP contribution in [-0.4, -0.2) is 25.5 Å². The van der Waals surface area contributed by atoms with Crippen molar-refractivity contribution in [2.75, 3.05) is 19.6 Å². The second-order valence-electron chi connectivity index (χ2n) is 7.05. The van der Waals surface area contributed by atoms with E-state index >= 15 is 0 Å². The normalized spacial score (nSPS) is 15.6. The van der Waals surface area contributed by atoms with Gasteiger partial charge >= 0.3 is 0 Å². The Morgan fingerprint density at radius 3 is 2.58 bits per heavy atom. The van der Waals surface area contributed by atoms with Gasteiger partial charge in [0.15, 0.2) is 0 Å². The molecule has 0 atom stereocenters. The molecule has 1 aliphatic heterocycles. The van der Waals surface area contributed by atoms with Crippen molar-refractivity contribution in [3.63, 3.8) is 0 Å². The predicted molar refractivity (Wildman–Crippen MR) is 107 cm³/mol. The Bertz CT molecular complexity index is 700. The molecule has 26 heavy (non-hydrogen) atoms. The maximum atomic E-state index is 12.5. The van der Waals surface area contributed by atoms with Gasteiger partial charge in [0, 0.05) is 12.1 Å². The summed E-state index contributed by atoms with van der Waals surface area (Å²) < 4.78 is 5.81. The third kappa shape index (κ3) is 5.75. The quantitative estimate of drug-likeness (QED) is 0.808. The molecule has 1 aliphatic rings. The predicted octanol–water partition coefficient (Wildman–Crippen LogP) is 3.81. The maximum absolute atomic E-state index is 12.5. The van der Waals surface area contributed by atoms with Crippen molar-refractivity contribution in [3.05, 3.63) is 65.7 Å². The number of hydrogen-bond donors (Lipinski definition) is 2. The molecule has 3 rings (SSSR count). The molecule has 2 aromatic rings. The largest absolute Gasteiger partial charge is 0.489 e. The van der Waals surface area contributed by atoms with Crippen molar-refractivity contribution in [1.29, 1.82) is 0 Å². The van der Waals surface area contributed by atoms with E-state index in [1.807, 2.05) is 54.6 Å². The van der Waals surface area contributed by atoms with Crippen LogP contribution in [0.1, 0.15) is 35.7 Å². The molecule has 0 bridgehead atoms. The molecule has 0 saturated carbocycles. The highest BCUT2D eigenvalue weighted by Crippen LogP contribution is 2.26. The Balaban J connectivity index is 0.00000243. The SMILES string of the molecule is CC1(CNC(=O)c2cccc(OCc3ccccc3)c2)CCNCC1.Cl. The molecule has 0 spiro atoms. The van der Waals surface area contributed by atoms with Gasteiger partial charge in [-0.1, -0.05) is 43.3 Å². The average Bonchev–Trinajstić information content (AvgIpc) is 2.66. The summed E-state index contributed by atoms with van der Waals surface area (Å²) in [5, 5.41) is 6.45. The number of piperidine rings is 1. The van der Waals surface area contributed by atoms with E-state index in [1.54, 1.807) is 0 Å². The number of benzene rings is 2. The van der Waals surface area contributed by atoms with Crippen LogP contribution in [0.4, 0.5) is 0 Å². The molecule has 0 unspecified atom stereocenters. The summed E-state index contributed by atoms with van der Waals surface area (Å²) in [6, 6.07) is 17.4. The fourth-order valence-electron chi connectivity index (χ4n) is 3.07. The Labute approximate surface area is 161 Å². The summed E-state index contributed by atoms with van der Waals surface area (Å²) in [7, 11) is 0. The van der Waals surface area contributed by atoms with Gasteiger partial charge in [-0.25, -0.2) is 0 Å². The van der Waals surface area contributed by atoms with Gasteiger partial charge in [-0.05, 0) is 55.1 Å². The van der Waals surface area contributed by atoms with Gasteiger partial charge in [0.25, 0.3) is 5.91 Å². The van der Waals surface area contributed by atoms with Crippen molar-refractivity contribution in [2.45, 2.75) is 26.4 Å². The lowest BCUT2D eigenvalue weighted by atomic mass is 9.81. The number of carbonyl (C=O) groups excluding carboxylic acids is 1. The van der Waals surface area contributed by atoms with Crippen LogP contribution in [-0.2, 0) is 6.61 Å². The van der Waals surface area contributed by atoms with Gasteiger partial charge in [-0.3, -0.25) is 4.79 Å². The summed E-state index contributed by atoms with van der Waals surface area (Å²) in [5.74, 6) is 0.675. The van der Waals surface area contributed by atoms with Crippen molar-refractivity contribution < 1.29 is 9.53 Å². The lowest BCUT2D eigenvalue weighted by molar-refractivity contribution is 0.0922. The third-order valence-corrected chi connectivity index (χ3v) is 4.83. The minimum atomic E-state index is -0.0371. The van der Waals surface area contributed by atoms with Crippen LogP contribution in [0.5, 0.6) is 5.75 Å². The number of ether oxygens (including phenoxy) is 1. The zero-order chi connectivity index (χ0) is 17.5. The topological polar surface area (TPSA) is 50.4 Å².